The predicted octanol–water partition coefficient (Wildman–Crippen LogP) is 5.27. The van der Waals surface area contributed by atoms with E-state index in [2.05, 4.69) is 30.9 Å². The lowest BCUT2D eigenvalue weighted by molar-refractivity contribution is 0.0982. The van der Waals surface area contributed by atoms with Crippen LogP contribution in [0.1, 0.15) is 21.5 Å². The number of aromatic nitrogens is 1. The average molecular weight is 436 g/mol. The van der Waals surface area contributed by atoms with Crippen molar-refractivity contribution in [2.45, 2.75) is 18.7 Å². The van der Waals surface area contributed by atoms with Gasteiger partial charge in [0.05, 0.1) is 15.8 Å². The van der Waals surface area contributed by atoms with Gasteiger partial charge in [0.25, 0.3) is 5.91 Å². The SMILES string of the molecule is CSc1ccccc1C(=O)N(CCN(C)C)c1nc2c(C)c(C)ccc2s1.Cl. The maximum absolute atomic E-state index is 13.4. The summed E-state index contributed by atoms with van der Waals surface area (Å²) in [5.74, 6) is 0.00947. The number of carbonyl (C=O) groups excluding carboxylic acids is 1. The maximum atomic E-state index is 13.4. The first-order valence-electron chi connectivity index (χ1n) is 8.88. The minimum atomic E-state index is 0. The molecule has 3 rings (SSSR count). The summed E-state index contributed by atoms with van der Waals surface area (Å²) in [7, 11) is 4.04. The van der Waals surface area contributed by atoms with E-state index >= 15 is 0 Å². The van der Waals surface area contributed by atoms with Gasteiger partial charge in [0, 0.05) is 18.0 Å². The van der Waals surface area contributed by atoms with Crippen molar-refractivity contribution >= 4 is 56.8 Å². The van der Waals surface area contributed by atoms with Crippen molar-refractivity contribution < 1.29 is 4.79 Å². The van der Waals surface area contributed by atoms with Crippen LogP contribution in [-0.4, -0.2) is 49.2 Å². The highest BCUT2D eigenvalue weighted by atomic mass is 35.5. The Morgan fingerprint density at radius 3 is 2.50 bits per heavy atom. The van der Waals surface area contributed by atoms with Gasteiger partial charge in [0.15, 0.2) is 5.13 Å². The molecule has 0 atom stereocenters. The average Bonchev–Trinajstić information content (AvgIpc) is 3.09. The highest BCUT2D eigenvalue weighted by Gasteiger charge is 2.23. The Balaban J connectivity index is 0.00000280. The third-order valence-corrected chi connectivity index (χ3v) is 6.50. The highest BCUT2D eigenvalue weighted by Crippen LogP contribution is 2.33. The first-order chi connectivity index (χ1) is 12.9. The summed E-state index contributed by atoms with van der Waals surface area (Å²) >= 11 is 3.18. The lowest BCUT2D eigenvalue weighted by Crippen LogP contribution is -2.37. The molecule has 150 valence electrons. The molecule has 0 bridgehead atoms. The predicted molar refractivity (Wildman–Crippen MR) is 125 cm³/mol. The largest absolute Gasteiger partial charge is 0.308 e. The van der Waals surface area contributed by atoms with Crippen LogP contribution < -0.4 is 4.90 Å². The summed E-state index contributed by atoms with van der Waals surface area (Å²) in [5.41, 5.74) is 4.13. The number of amides is 1. The number of hydrogen-bond acceptors (Lipinski definition) is 5. The lowest BCUT2D eigenvalue weighted by Gasteiger charge is -2.22. The molecule has 4 nitrogen and oxygen atoms in total. The molecule has 0 aliphatic carbocycles. The van der Waals surface area contributed by atoms with Gasteiger partial charge < -0.3 is 4.90 Å². The smallest absolute Gasteiger partial charge is 0.261 e. The molecule has 1 heterocycles. The van der Waals surface area contributed by atoms with Gasteiger partial charge >= 0.3 is 0 Å². The van der Waals surface area contributed by atoms with E-state index in [0.717, 1.165) is 32.4 Å². The molecule has 0 saturated carbocycles. The van der Waals surface area contributed by atoms with E-state index in [1.807, 2.05) is 49.5 Å². The second kappa shape index (κ2) is 9.74. The van der Waals surface area contributed by atoms with E-state index in [0.29, 0.717) is 6.54 Å². The van der Waals surface area contributed by atoms with Gasteiger partial charge in [-0.25, -0.2) is 4.98 Å². The van der Waals surface area contributed by atoms with Crippen LogP contribution in [0.15, 0.2) is 41.3 Å². The Labute approximate surface area is 181 Å². The Morgan fingerprint density at radius 1 is 1.11 bits per heavy atom. The van der Waals surface area contributed by atoms with Gasteiger partial charge in [-0.15, -0.1) is 24.2 Å². The number of aryl methyl sites for hydroxylation is 2. The van der Waals surface area contributed by atoms with Crippen molar-refractivity contribution in [3.63, 3.8) is 0 Å². The molecule has 1 amide bonds. The number of nitrogens with zero attached hydrogens (tertiary/aromatic N) is 3. The topological polar surface area (TPSA) is 36.4 Å². The van der Waals surface area contributed by atoms with E-state index in [-0.39, 0.29) is 18.3 Å². The van der Waals surface area contributed by atoms with Gasteiger partial charge in [-0.1, -0.05) is 29.5 Å². The second-order valence-electron chi connectivity index (χ2n) is 6.81. The number of carbonyl (C=O) groups is 1. The molecule has 0 aliphatic rings. The molecule has 1 aromatic heterocycles. The quantitative estimate of drug-likeness (QED) is 0.494. The van der Waals surface area contributed by atoms with Crippen LogP contribution in [0, 0.1) is 13.8 Å². The number of thiazole rings is 1. The van der Waals surface area contributed by atoms with Crippen molar-refractivity contribution in [2.75, 3.05) is 38.3 Å². The molecule has 0 saturated heterocycles. The summed E-state index contributed by atoms with van der Waals surface area (Å²) < 4.78 is 1.12. The van der Waals surface area contributed by atoms with Crippen molar-refractivity contribution in [3.05, 3.63) is 53.1 Å². The minimum Gasteiger partial charge on any atom is -0.308 e. The highest BCUT2D eigenvalue weighted by molar-refractivity contribution is 7.98. The number of fused-ring (bicyclic) bond motifs is 1. The molecule has 0 N–H and O–H groups in total. The molecule has 0 fully saturated rings. The summed E-state index contributed by atoms with van der Waals surface area (Å²) in [5, 5.41) is 0.765. The van der Waals surface area contributed by atoms with Crippen LogP contribution in [-0.2, 0) is 0 Å². The van der Waals surface area contributed by atoms with Gasteiger partial charge in [-0.3, -0.25) is 9.69 Å². The zero-order valence-electron chi connectivity index (χ0n) is 16.9. The number of rotatable bonds is 6. The third kappa shape index (κ3) is 4.69. The zero-order chi connectivity index (χ0) is 19.6. The lowest BCUT2D eigenvalue weighted by atomic mass is 10.1. The summed E-state index contributed by atoms with van der Waals surface area (Å²) in [4.78, 5) is 23.2. The molecule has 0 aliphatic heterocycles. The van der Waals surface area contributed by atoms with Gasteiger partial charge in [-0.2, -0.15) is 0 Å². The Hall–Kier alpha value is -1.60. The standard InChI is InChI=1S/C21H25N3OS2.ClH/c1-14-10-11-18-19(15(14)2)22-21(27-18)24(13-12-23(3)4)20(25)16-8-6-7-9-17(16)26-5;/h6-11H,12-13H2,1-5H3;1H. The number of likely N-dealkylation sites (N-methyl/N-ethyl adjacent to an activating group) is 1. The van der Waals surface area contributed by atoms with Crippen LogP contribution in [0.4, 0.5) is 5.13 Å². The molecule has 0 radical (unpaired) electrons. The summed E-state index contributed by atoms with van der Waals surface area (Å²) in [6, 6.07) is 12.0. The maximum Gasteiger partial charge on any atom is 0.261 e. The van der Waals surface area contributed by atoms with E-state index in [1.54, 1.807) is 23.1 Å². The van der Waals surface area contributed by atoms with Crippen molar-refractivity contribution in [3.8, 4) is 0 Å². The minimum absolute atomic E-state index is 0. The first kappa shape index (κ1) is 22.7. The Kier molecular flexibility index (Phi) is 7.89. The van der Waals surface area contributed by atoms with E-state index in [1.165, 1.54) is 11.1 Å². The fraction of sp³-hybridized carbons (Fsp3) is 0.333. The van der Waals surface area contributed by atoms with Crippen molar-refractivity contribution in [2.24, 2.45) is 0 Å². The second-order valence-corrected chi connectivity index (χ2v) is 8.67. The van der Waals surface area contributed by atoms with Crippen molar-refractivity contribution in [1.29, 1.82) is 0 Å². The van der Waals surface area contributed by atoms with Gasteiger partial charge in [0.2, 0.25) is 0 Å². The van der Waals surface area contributed by atoms with E-state index < -0.39 is 0 Å². The number of halogens is 1. The van der Waals surface area contributed by atoms with Crippen LogP contribution in [0.25, 0.3) is 10.2 Å². The van der Waals surface area contributed by atoms with Gasteiger partial charge in [-0.05, 0) is 63.5 Å². The van der Waals surface area contributed by atoms with Crippen molar-refractivity contribution in [1.82, 2.24) is 9.88 Å². The fourth-order valence-electron chi connectivity index (χ4n) is 2.88. The molecule has 0 unspecified atom stereocenters. The zero-order valence-corrected chi connectivity index (χ0v) is 19.3. The summed E-state index contributed by atoms with van der Waals surface area (Å²) in [6.07, 6.45) is 2.00. The number of hydrogen-bond donors (Lipinski definition) is 0. The van der Waals surface area contributed by atoms with Gasteiger partial charge in [0.1, 0.15) is 0 Å². The molecule has 2 aromatic carbocycles. The number of thioether (sulfide) groups is 1. The Bertz CT molecular complexity index is 971. The number of anilines is 1. The molecule has 7 heteroatoms. The summed E-state index contributed by atoms with van der Waals surface area (Å²) in [6.45, 7) is 5.57. The normalized spacial score (nSPS) is 10.9. The van der Waals surface area contributed by atoms with E-state index in [4.69, 9.17) is 4.98 Å². The molecule has 28 heavy (non-hydrogen) atoms. The van der Waals surface area contributed by atoms with Crippen LogP contribution in [0.2, 0.25) is 0 Å². The Morgan fingerprint density at radius 2 is 1.82 bits per heavy atom. The van der Waals surface area contributed by atoms with Crippen LogP contribution in [0.5, 0.6) is 0 Å². The van der Waals surface area contributed by atoms with Crippen LogP contribution >= 0.6 is 35.5 Å². The van der Waals surface area contributed by atoms with Crippen LogP contribution in [0.3, 0.4) is 0 Å². The molecular formula is C21H26ClN3OS2. The fourth-order valence-corrected chi connectivity index (χ4v) is 4.52. The first-order valence-corrected chi connectivity index (χ1v) is 10.9. The number of benzene rings is 2. The monoisotopic (exact) mass is 435 g/mol. The third-order valence-electron chi connectivity index (χ3n) is 4.66. The molecule has 0 spiro atoms. The molecule has 3 aromatic rings. The molecular weight excluding hydrogens is 410 g/mol. The van der Waals surface area contributed by atoms with E-state index in [9.17, 15) is 4.79 Å².